The number of ketones is 1. The molecule has 1 N–H and O–H groups in total. The van der Waals surface area contributed by atoms with Gasteiger partial charge in [-0.25, -0.2) is 0 Å². The molecule has 3 fully saturated rings. The van der Waals surface area contributed by atoms with Gasteiger partial charge in [0.15, 0.2) is 0 Å². The Hall–Kier alpha value is -1.89. The molecule has 0 spiro atoms. The Morgan fingerprint density at radius 1 is 1.30 bits per heavy atom. The summed E-state index contributed by atoms with van der Waals surface area (Å²) >= 11 is 0. The van der Waals surface area contributed by atoms with E-state index < -0.39 is 22.2 Å². The van der Waals surface area contributed by atoms with Gasteiger partial charge in [0.2, 0.25) is 5.78 Å². The summed E-state index contributed by atoms with van der Waals surface area (Å²) in [6, 6.07) is 0. The van der Waals surface area contributed by atoms with Crippen molar-refractivity contribution in [3.8, 4) is 11.8 Å². The minimum absolute atomic E-state index is 0.0265. The number of fused-ring (bicyclic) bond motifs is 2. The molecule has 4 aliphatic carbocycles. The highest BCUT2D eigenvalue weighted by atomic mass is 16.4. The highest BCUT2D eigenvalue weighted by molar-refractivity contribution is 6.08. The van der Waals surface area contributed by atoms with Gasteiger partial charge in [0, 0.05) is 6.42 Å². The van der Waals surface area contributed by atoms with Gasteiger partial charge in [-0.3, -0.25) is 9.59 Å². The standard InChI is InChI=1S/C26H34O4/c1-5-6-7-8-9-22(28)25-14-19-17(4)10-11-20(19)24(15-27)13-18(25)12-21(16(2)3)26(24,25)23(29)30/h12,15-20H,5-7,10-11,13-14H2,1-4H3,(H,29,30)/t17-,18+,19-,20-,24+,25-,26+/m1/s1. The van der Waals surface area contributed by atoms with Crippen molar-refractivity contribution in [2.45, 2.75) is 72.6 Å². The summed E-state index contributed by atoms with van der Waals surface area (Å²) < 4.78 is 0. The predicted octanol–water partition coefficient (Wildman–Crippen LogP) is 4.67. The summed E-state index contributed by atoms with van der Waals surface area (Å²) in [4.78, 5) is 40.0. The van der Waals surface area contributed by atoms with Gasteiger partial charge in [0.1, 0.15) is 11.7 Å². The van der Waals surface area contributed by atoms with Gasteiger partial charge in [0.25, 0.3) is 0 Å². The number of aliphatic carboxylic acids is 1. The number of allylic oxidation sites excluding steroid dienone is 1. The van der Waals surface area contributed by atoms with E-state index in [-0.39, 0.29) is 29.5 Å². The quantitative estimate of drug-likeness (QED) is 0.227. The van der Waals surface area contributed by atoms with Crippen LogP contribution in [-0.2, 0) is 14.4 Å². The minimum atomic E-state index is -1.44. The molecule has 0 aromatic rings. The monoisotopic (exact) mass is 410 g/mol. The zero-order valence-electron chi connectivity index (χ0n) is 18.7. The van der Waals surface area contributed by atoms with Crippen LogP contribution in [0.15, 0.2) is 11.6 Å². The van der Waals surface area contributed by atoms with Crippen LogP contribution >= 0.6 is 0 Å². The van der Waals surface area contributed by atoms with Crippen molar-refractivity contribution in [1.82, 2.24) is 0 Å². The first-order valence-electron chi connectivity index (χ1n) is 11.7. The van der Waals surface area contributed by atoms with Gasteiger partial charge >= 0.3 is 5.97 Å². The summed E-state index contributed by atoms with van der Waals surface area (Å²) in [5.41, 5.74) is -2.74. The molecule has 4 aliphatic rings. The van der Waals surface area contributed by atoms with Crippen molar-refractivity contribution in [1.29, 1.82) is 0 Å². The molecule has 3 saturated carbocycles. The van der Waals surface area contributed by atoms with Crippen LogP contribution in [0.25, 0.3) is 0 Å². The molecule has 30 heavy (non-hydrogen) atoms. The van der Waals surface area contributed by atoms with E-state index in [1.54, 1.807) is 0 Å². The molecule has 4 heteroatoms. The maximum atomic E-state index is 13.8. The molecule has 0 aromatic carbocycles. The second kappa shape index (κ2) is 7.08. The van der Waals surface area contributed by atoms with Crippen LogP contribution in [0, 0.1) is 57.7 Å². The Labute approximate surface area is 179 Å². The zero-order chi connectivity index (χ0) is 21.9. The first-order valence-corrected chi connectivity index (χ1v) is 11.7. The molecule has 0 aromatic heterocycles. The maximum absolute atomic E-state index is 13.8. The van der Waals surface area contributed by atoms with Crippen molar-refractivity contribution in [2.75, 3.05) is 0 Å². The van der Waals surface area contributed by atoms with Gasteiger partial charge < -0.3 is 9.90 Å². The Balaban J connectivity index is 1.96. The number of Topliss-reactive ketones (excluding diaryl/α,β-unsaturated/α-hetero) is 1. The fourth-order valence-corrected chi connectivity index (χ4v) is 8.12. The highest BCUT2D eigenvalue weighted by Gasteiger charge is 2.86. The largest absolute Gasteiger partial charge is 0.481 e. The van der Waals surface area contributed by atoms with E-state index in [0.717, 1.165) is 37.5 Å². The van der Waals surface area contributed by atoms with E-state index in [2.05, 4.69) is 31.8 Å². The topological polar surface area (TPSA) is 71.4 Å². The molecule has 0 radical (unpaired) electrons. The third-order valence-electron chi connectivity index (χ3n) is 9.19. The molecule has 4 nitrogen and oxygen atoms in total. The van der Waals surface area contributed by atoms with Crippen LogP contribution in [0.1, 0.15) is 72.6 Å². The molecule has 0 saturated heterocycles. The van der Waals surface area contributed by atoms with Crippen LogP contribution in [0.5, 0.6) is 0 Å². The minimum Gasteiger partial charge on any atom is -0.481 e. The lowest BCUT2D eigenvalue weighted by Crippen LogP contribution is -2.64. The lowest BCUT2D eigenvalue weighted by molar-refractivity contribution is -0.181. The number of carbonyl (C=O) groups is 3. The molecule has 0 amide bonds. The van der Waals surface area contributed by atoms with Gasteiger partial charge in [-0.1, -0.05) is 58.1 Å². The molecular weight excluding hydrogens is 376 g/mol. The van der Waals surface area contributed by atoms with Gasteiger partial charge in [-0.2, -0.15) is 0 Å². The van der Waals surface area contributed by atoms with E-state index in [1.807, 2.05) is 13.8 Å². The number of rotatable bonds is 6. The number of carboxylic acid groups (broad SMARTS) is 1. The number of carbonyl (C=O) groups excluding carboxylic acids is 2. The second-order valence-electron chi connectivity index (χ2n) is 10.5. The van der Waals surface area contributed by atoms with Crippen molar-refractivity contribution in [3.05, 3.63) is 11.6 Å². The smallest absolute Gasteiger partial charge is 0.315 e. The molecule has 0 aliphatic heterocycles. The van der Waals surface area contributed by atoms with Crippen LogP contribution in [0.2, 0.25) is 0 Å². The lowest BCUT2D eigenvalue weighted by Gasteiger charge is -2.57. The van der Waals surface area contributed by atoms with Crippen molar-refractivity contribution in [3.63, 3.8) is 0 Å². The third kappa shape index (κ3) is 2.22. The van der Waals surface area contributed by atoms with E-state index >= 15 is 0 Å². The van der Waals surface area contributed by atoms with Crippen molar-refractivity contribution >= 4 is 18.0 Å². The summed E-state index contributed by atoms with van der Waals surface area (Å²) in [6.07, 6.45) is 8.50. The fourth-order valence-electron chi connectivity index (χ4n) is 8.12. The molecule has 4 rings (SSSR count). The Kier molecular flexibility index (Phi) is 5.03. The van der Waals surface area contributed by atoms with Gasteiger partial charge in [-0.15, -0.1) is 0 Å². The summed E-state index contributed by atoms with van der Waals surface area (Å²) in [5, 5.41) is 10.8. The van der Waals surface area contributed by atoms with Crippen LogP contribution in [0.3, 0.4) is 0 Å². The summed E-state index contributed by atoms with van der Waals surface area (Å²) in [6.45, 7) is 8.26. The number of hydrogen-bond donors (Lipinski definition) is 1. The highest BCUT2D eigenvalue weighted by Crippen LogP contribution is 2.82. The van der Waals surface area contributed by atoms with E-state index in [1.165, 1.54) is 0 Å². The average Bonchev–Trinajstić information content (AvgIpc) is 3.28. The Morgan fingerprint density at radius 2 is 2.03 bits per heavy atom. The number of unbranched alkanes of at least 4 members (excludes halogenated alkanes) is 2. The van der Waals surface area contributed by atoms with Crippen LogP contribution < -0.4 is 0 Å². The summed E-state index contributed by atoms with van der Waals surface area (Å²) in [7, 11) is 0. The lowest BCUT2D eigenvalue weighted by atomic mass is 9.42. The molecule has 0 unspecified atom stereocenters. The van der Waals surface area contributed by atoms with E-state index in [0.29, 0.717) is 25.2 Å². The summed E-state index contributed by atoms with van der Waals surface area (Å²) in [5.74, 6) is 5.11. The Bertz CT molecular complexity index is 873. The van der Waals surface area contributed by atoms with Crippen molar-refractivity contribution < 1.29 is 19.5 Å². The van der Waals surface area contributed by atoms with E-state index in [9.17, 15) is 19.5 Å². The first kappa shape index (κ1) is 21.3. The fraction of sp³-hybridized carbons (Fsp3) is 0.731. The van der Waals surface area contributed by atoms with Gasteiger partial charge in [0.05, 0.1) is 10.8 Å². The number of hydrogen-bond acceptors (Lipinski definition) is 3. The van der Waals surface area contributed by atoms with Crippen LogP contribution in [-0.4, -0.2) is 23.1 Å². The molecule has 4 bridgehead atoms. The average molecular weight is 411 g/mol. The third-order valence-corrected chi connectivity index (χ3v) is 9.19. The predicted molar refractivity (Wildman–Crippen MR) is 114 cm³/mol. The van der Waals surface area contributed by atoms with Gasteiger partial charge in [-0.05, 0) is 61.2 Å². The molecule has 162 valence electrons. The maximum Gasteiger partial charge on any atom is 0.315 e. The molecular formula is C26H34O4. The zero-order valence-corrected chi connectivity index (χ0v) is 18.7. The van der Waals surface area contributed by atoms with Crippen LogP contribution in [0.4, 0.5) is 0 Å². The molecule has 7 atom stereocenters. The number of aldehydes is 1. The second-order valence-corrected chi connectivity index (χ2v) is 10.5. The number of carboxylic acids is 1. The normalized spacial score (nSPS) is 43.0. The Morgan fingerprint density at radius 3 is 2.63 bits per heavy atom. The van der Waals surface area contributed by atoms with E-state index in [4.69, 9.17) is 0 Å². The molecule has 0 heterocycles. The van der Waals surface area contributed by atoms with Crippen molar-refractivity contribution in [2.24, 2.45) is 45.8 Å². The first-order chi connectivity index (χ1) is 14.2. The SMILES string of the molecule is CCCCC#CC(=O)[C@@]12C[C@@H]3[C@H](C)CC[C@H]3[C@@]3(C=O)C[C@@H]1C=C(C(C)C)[C@@]23C(=O)O.